The minimum absolute atomic E-state index is 0.187. The molecule has 2 rings (SSSR count). The molecule has 0 bridgehead atoms. The Balaban J connectivity index is 2.00. The monoisotopic (exact) mass is 389 g/mol. The van der Waals surface area contributed by atoms with Gasteiger partial charge in [-0.15, -0.1) is 0 Å². The van der Waals surface area contributed by atoms with Crippen LogP contribution >= 0.6 is 0 Å². The minimum Gasteiger partial charge on any atom is -0.388 e. The lowest BCUT2D eigenvalue weighted by Crippen LogP contribution is -2.37. The van der Waals surface area contributed by atoms with Crippen molar-refractivity contribution in [2.45, 2.75) is 56.4 Å². The summed E-state index contributed by atoms with van der Waals surface area (Å²) in [6, 6.07) is 3.83. The summed E-state index contributed by atoms with van der Waals surface area (Å²) >= 11 is 0. The van der Waals surface area contributed by atoms with Crippen LogP contribution in [0.25, 0.3) is 6.08 Å². The normalized spacial score (nSPS) is 18.4. The van der Waals surface area contributed by atoms with Crippen LogP contribution in [0, 0.1) is 5.82 Å². The number of amides is 1. The zero-order valence-corrected chi connectivity index (χ0v) is 14.7. The van der Waals surface area contributed by atoms with Crippen LogP contribution in [0.1, 0.15) is 55.8 Å². The summed E-state index contributed by atoms with van der Waals surface area (Å²) in [4.78, 5) is 10.7. The van der Waals surface area contributed by atoms with Crippen LogP contribution in [0.4, 0.5) is 17.6 Å². The third-order valence-electron chi connectivity index (χ3n) is 4.59. The Kier molecular flexibility index (Phi) is 7.00. The van der Waals surface area contributed by atoms with E-state index in [-0.39, 0.29) is 12.0 Å². The molecule has 0 aliphatic heterocycles. The fourth-order valence-corrected chi connectivity index (χ4v) is 3.10. The third-order valence-corrected chi connectivity index (χ3v) is 4.59. The Labute approximate surface area is 154 Å². The third kappa shape index (κ3) is 6.62. The molecule has 0 spiro atoms. The van der Waals surface area contributed by atoms with E-state index in [9.17, 15) is 32.6 Å². The van der Waals surface area contributed by atoms with Gasteiger partial charge in [0.05, 0.1) is 11.7 Å². The van der Waals surface area contributed by atoms with Gasteiger partial charge in [0.1, 0.15) is 5.82 Å². The van der Waals surface area contributed by atoms with Gasteiger partial charge in [0.25, 0.3) is 0 Å². The van der Waals surface area contributed by atoms with E-state index in [0.29, 0.717) is 18.4 Å². The quantitative estimate of drug-likeness (QED) is 0.651. The van der Waals surface area contributed by atoms with Crippen LogP contribution in [0.3, 0.4) is 0 Å². The molecule has 0 heterocycles. The summed E-state index contributed by atoms with van der Waals surface area (Å²) in [6.07, 6.45) is 0.947. The van der Waals surface area contributed by atoms with E-state index in [0.717, 1.165) is 25.3 Å². The zero-order valence-electron chi connectivity index (χ0n) is 14.7. The molecule has 1 atom stereocenters. The number of benzene rings is 1. The highest BCUT2D eigenvalue weighted by Crippen LogP contribution is 2.30. The van der Waals surface area contributed by atoms with Crippen molar-refractivity contribution in [2.24, 2.45) is 0 Å². The number of aliphatic hydroxyl groups is 2. The maximum Gasteiger partial charge on any atom is 0.471 e. The molecular weight excluding hydrogens is 366 g/mol. The molecule has 27 heavy (non-hydrogen) atoms. The second kappa shape index (κ2) is 8.84. The fourth-order valence-electron chi connectivity index (χ4n) is 3.10. The fraction of sp³-hybridized carbons (Fsp3) is 0.526. The standard InChI is InChI=1S/C19H23F4NO3/c20-15-11-13(4-8-18(27)6-2-1-3-7-18)10-14(12-15)16(25)5-9-24-17(26)19(21,22)23/h4,8,10-12,16,25,27H,1-3,5-7,9H2,(H,24,26). The van der Waals surface area contributed by atoms with Crippen LogP contribution in [0.5, 0.6) is 0 Å². The molecule has 1 saturated carbocycles. The van der Waals surface area contributed by atoms with Crippen molar-refractivity contribution >= 4 is 12.0 Å². The number of rotatable bonds is 6. The molecule has 1 amide bonds. The Morgan fingerprint density at radius 3 is 2.52 bits per heavy atom. The lowest BCUT2D eigenvalue weighted by Gasteiger charge is -2.28. The van der Waals surface area contributed by atoms with Crippen molar-refractivity contribution in [3.63, 3.8) is 0 Å². The number of nitrogens with one attached hydrogen (secondary N) is 1. The first-order chi connectivity index (χ1) is 12.6. The van der Waals surface area contributed by atoms with Crippen LogP contribution in [-0.2, 0) is 4.79 Å². The van der Waals surface area contributed by atoms with Gasteiger partial charge in [-0.1, -0.05) is 31.4 Å². The van der Waals surface area contributed by atoms with E-state index in [1.165, 1.54) is 12.1 Å². The van der Waals surface area contributed by atoms with Crippen molar-refractivity contribution in [2.75, 3.05) is 6.54 Å². The number of halogens is 4. The Bertz CT molecular complexity index is 682. The van der Waals surface area contributed by atoms with Gasteiger partial charge in [0.2, 0.25) is 0 Å². The summed E-state index contributed by atoms with van der Waals surface area (Å²) in [5.41, 5.74) is -0.306. The van der Waals surface area contributed by atoms with Gasteiger partial charge in [-0.2, -0.15) is 13.2 Å². The summed E-state index contributed by atoms with van der Waals surface area (Å²) in [5, 5.41) is 22.2. The van der Waals surface area contributed by atoms with Crippen molar-refractivity contribution in [1.29, 1.82) is 0 Å². The predicted octanol–water partition coefficient (Wildman–Crippen LogP) is 3.64. The van der Waals surface area contributed by atoms with Gasteiger partial charge in [0.15, 0.2) is 0 Å². The Hall–Kier alpha value is -1.93. The number of carbonyl (C=O) groups excluding carboxylic acids is 1. The average molecular weight is 389 g/mol. The highest BCUT2D eigenvalue weighted by atomic mass is 19.4. The average Bonchev–Trinajstić information content (AvgIpc) is 2.59. The molecule has 1 fully saturated rings. The van der Waals surface area contributed by atoms with Crippen molar-refractivity contribution in [1.82, 2.24) is 5.32 Å². The summed E-state index contributed by atoms with van der Waals surface area (Å²) in [7, 11) is 0. The smallest absolute Gasteiger partial charge is 0.388 e. The molecule has 1 unspecified atom stereocenters. The Morgan fingerprint density at radius 1 is 1.22 bits per heavy atom. The van der Waals surface area contributed by atoms with E-state index >= 15 is 0 Å². The van der Waals surface area contributed by atoms with Crippen molar-refractivity contribution < 1.29 is 32.6 Å². The van der Waals surface area contributed by atoms with Gasteiger partial charge < -0.3 is 15.5 Å². The molecule has 3 N–H and O–H groups in total. The Morgan fingerprint density at radius 2 is 1.89 bits per heavy atom. The van der Waals surface area contributed by atoms with Gasteiger partial charge in [-0.3, -0.25) is 4.79 Å². The zero-order chi connectivity index (χ0) is 20.1. The molecule has 1 aromatic carbocycles. The molecule has 1 aromatic rings. The molecule has 0 saturated heterocycles. The summed E-state index contributed by atoms with van der Waals surface area (Å²) < 4.78 is 50.2. The molecule has 4 nitrogen and oxygen atoms in total. The molecule has 0 aromatic heterocycles. The molecule has 150 valence electrons. The van der Waals surface area contributed by atoms with E-state index < -0.39 is 36.2 Å². The highest BCUT2D eigenvalue weighted by Gasteiger charge is 2.38. The van der Waals surface area contributed by atoms with Crippen LogP contribution < -0.4 is 5.32 Å². The van der Waals surface area contributed by atoms with E-state index in [1.54, 1.807) is 17.5 Å². The van der Waals surface area contributed by atoms with Crippen LogP contribution in [0.2, 0.25) is 0 Å². The molecule has 1 aliphatic rings. The lowest BCUT2D eigenvalue weighted by molar-refractivity contribution is -0.173. The van der Waals surface area contributed by atoms with Gasteiger partial charge >= 0.3 is 12.1 Å². The first-order valence-electron chi connectivity index (χ1n) is 8.84. The maximum atomic E-state index is 13.8. The molecule has 0 radical (unpaired) electrons. The van der Waals surface area contributed by atoms with E-state index in [1.807, 2.05) is 0 Å². The molecule has 8 heteroatoms. The highest BCUT2D eigenvalue weighted by molar-refractivity contribution is 5.81. The number of hydrogen-bond donors (Lipinski definition) is 3. The van der Waals surface area contributed by atoms with Crippen LogP contribution in [0.15, 0.2) is 24.3 Å². The van der Waals surface area contributed by atoms with Crippen molar-refractivity contribution in [3.8, 4) is 0 Å². The number of alkyl halides is 3. The summed E-state index contributed by atoms with van der Waals surface area (Å²) in [5.74, 6) is -2.69. The van der Waals surface area contributed by atoms with Crippen molar-refractivity contribution in [3.05, 3.63) is 41.2 Å². The van der Waals surface area contributed by atoms with Crippen LogP contribution in [-0.4, -0.2) is 34.4 Å². The van der Waals surface area contributed by atoms with E-state index in [2.05, 4.69) is 0 Å². The second-order valence-corrected chi connectivity index (χ2v) is 6.87. The minimum atomic E-state index is -4.98. The lowest BCUT2D eigenvalue weighted by atomic mass is 9.84. The first kappa shape index (κ1) is 21.4. The topological polar surface area (TPSA) is 69.6 Å². The largest absolute Gasteiger partial charge is 0.471 e. The molecule has 1 aliphatic carbocycles. The first-order valence-corrected chi connectivity index (χ1v) is 8.84. The number of hydrogen-bond acceptors (Lipinski definition) is 3. The number of aliphatic hydroxyl groups excluding tert-OH is 1. The van der Waals surface area contributed by atoms with E-state index in [4.69, 9.17) is 0 Å². The van der Waals surface area contributed by atoms with Gasteiger partial charge in [-0.05, 0) is 48.6 Å². The van der Waals surface area contributed by atoms with Gasteiger partial charge in [0, 0.05) is 6.54 Å². The SMILES string of the molecule is O=C(NCCC(O)c1cc(F)cc(C=CC2(O)CCCCC2)c1)C(F)(F)F. The van der Waals surface area contributed by atoms with Gasteiger partial charge in [-0.25, -0.2) is 4.39 Å². The predicted molar refractivity (Wildman–Crippen MR) is 92.1 cm³/mol. The summed E-state index contributed by atoms with van der Waals surface area (Å²) in [6.45, 7) is -0.402. The second-order valence-electron chi connectivity index (χ2n) is 6.87. The maximum absolute atomic E-state index is 13.8. The number of carbonyl (C=O) groups is 1. The molecular formula is C19H23F4NO3.